The fourth-order valence-corrected chi connectivity index (χ4v) is 2.57. The minimum absolute atomic E-state index is 0.156. The number of hydrogen-bond donors (Lipinski definition) is 1. The van der Waals surface area contributed by atoms with E-state index in [-0.39, 0.29) is 18.3 Å². The average Bonchev–Trinajstić information content (AvgIpc) is 2.91. The van der Waals surface area contributed by atoms with Gasteiger partial charge in [-0.2, -0.15) is 0 Å². The summed E-state index contributed by atoms with van der Waals surface area (Å²) in [5.74, 6) is -0.156. The van der Waals surface area contributed by atoms with Gasteiger partial charge in [-0.05, 0) is 17.7 Å². The van der Waals surface area contributed by atoms with E-state index in [0.717, 1.165) is 5.56 Å². The van der Waals surface area contributed by atoms with Gasteiger partial charge >= 0.3 is 0 Å². The van der Waals surface area contributed by atoms with Crippen LogP contribution in [0, 0.1) is 0 Å². The van der Waals surface area contributed by atoms with Gasteiger partial charge in [-0.15, -0.1) is 5.10 Å². The van der Waals surface area contributed by atoms with Crippen molar-refractivity contribution in [2.75, 3.05) is 12.9 Å². The minimum Gasteiger partial charge on any atom is -0.375 e. The Hall–Kier alpha value is -1.48. The Kier molecular flexibility index (Phi) is 5.52. The summed E-state index contributed by atoms with van der Waals surface area (Å²) in [6.45, 7) is 0.459. The molecule has 1 unspecified atom stereocenters. The summed E-state index contributed by atoms with van der Waals surface area (Å²) in [4.78, 5) is 0. The van der Waals surface area contributed by atoms with Crippen LogP contribution in [-0.4, -0.2) is 36.3 Å². The van der Waals surface area contributed by atoms with Gasteiger partial charge in [0.2, 0.25) is 10.0 Å². The second-order valence-electron chi connectivity index (χ2n) is 4.82. The van der Waals surface area contributed by atoms with Crippen LogP contribution >= 0.6 is 11.6 Å². The van der Waals surface area contributed by atoms with Crippen LogP contribution in [0.15, 0.2) is 30.5 Å². The zero-order valence-corrected chi connectivity index (χ0v) is 13.6. The average molecular weight is 345 g/mol. The number of aromatic nitrogens is 3. The van der Waals surface area contributed by atoms with Crippen molar-refractivity contribution in [1.29, 1.82) is 0 Å². The zero-order valence-electron chi connectivity index (χ0n) is 12.0. The van der Waals surface area contributed by atoms with E-state index in [4.69, 9.17) is 21.5 Å². The molecule has 9 heteroatoms. The molecule has 7 nitrogen and oxygen atoms in total. The summed E-state index contributed by atoms with van der Waals surface area (Å²) in [7, 11) is -1.89. The SMILES string of the molecule is COC(Cn1cc(CCS(N)(=O)=O)nn1)c1ccc(Cl)cc1. The molecule has 0 bridgehead atoms. The molecule has 0 amide bonds. The Labute approximate surface area is 134 Å². The number of aryl methyl sites for hydroxylation is 1. The van der Waals surface area contributed by atoms with Gasteiger partial charge in [-0.25, -0.2) is 18.2 Å². The summed E-state index contributed by atoms with van der Waals surface area (Å²) in [5, 5.41) is 13.5. The van der Waals surface area contributed by atoms with Crippen LogP contribution in [0.4, 0.5) is 0 Å². The lowest BCUT2D eigenvalue weighted by Crippen LogP contribution is -2.18. The maximum Gasteiger partial charge on any atom is 0.209 e. The highest BCUT2D eigenvalue weighted by atomic mass is 35.5. The van der Waals surface area contributed by atoms with Crippen molar-refractivity contribution in [2.24, 2.45) is 5.14 Å². The molecule has 2 rings (SSSR count). The standard InChI is InChI=1S/C13H17ClN4O3S/c1-21-13(10-2-4-11(14)5-3-10)9-18-8-12(16-17-18)6-7-22(15,19)20/h2-5,8,13H,6-7,9H2,1H3,(H2,15,19,20). The minimum atomic E-state index is -3.50. The fraction of sp³-hybridized carbons (Fsp3) is 0.385. The van der Waals surface area contributed by atoms with Crippen molar-refractivity contribution in [3.8, 4) is 0 Å². The lowest BCUT2D eigenvalue weighted by molar-refractivity contribution is 0.0841. The van der Waals surface area contributed by atoms with Gasteiger partial charge in [-0.1, -0.05) is 28.9 Å². The number of benzene rings is 1. The molecule has 0 fully saturated rings. The van der Waals surface area contributed by atoms with Crippen LogP contribution < -0.4 is 5.14 Å². The van der Waals surface area contributed by atoms with E-state index < -0.39 is 10.0 Å². The molecule has 1 heterocycles. The topological polar surface area (TPSA) is 100 Å². The summed E-state index contributed by atoms with van der Waals surface area (Å²) < 4.78 is 28.9. The maximum absolute atomic E-state index is 10.9. The van der Waals surface area contributed by atoms with Gasteiger partial charge < -0.3 is 4.74 Å². The van der Waals surface area contributed by atoms with Crippen molar-refractivity contribution in [1.82, 2.24) is 15.0 Å². The molecular weight excluding hydrogens is 328 g/mol. The molecule has 0 aliphatic heterocycles. The largest absolute Gasteiger partial charge is 0.375 e. The number of ether oxygens (including phenoxy) is 1. The highest BCUT2D eigenvalue weighted by molar-refractivity contribution is 7.89. The number of rotatable bonds is 7. The predicted octanol–water partition coefficient (Wildman–Crippen LogP) is 1.15. The molecule has 1 aromatic heterocycles. The van der Waals surface area contributed by atoms with Gasteiger partial charge in [0.05, 0.1) is 18.0 Å². The van der Waals surface area contributed by atoms with Crippen LogP contribution in [0.2, 0.25) is 5.02 Å². The van der Waals surface area contributed by atoms with E-state index in [1.807, 2.05) is 12.1 Å². The highest BCUT2D eigenvalue weighted by Gasteiger charge is 2.13. The first-order valence-corrected chi connectivity index (χ1v) is 8.64. The first kappa shape index (κ1) is 16.9. The number of hydrogen-bond acceptors (Lipinski definition) is 5. The lowest BCUT2D eigenvalue weighted by Gasteiger charge is -2.15. The van der Waals surface area contributed by atoms with Gasteiger partial charge in [0, 0.05) is 24.8 Å². The van der Waals surface area contributed by atoms with Crippen molar-refractivity contribution >= 4 is 21.6 Å². The number of nitrogens with zero attached hydrogens (tertiary/aromatic N) is 3. The smallest absolute Gasteiger partial charge is 0.209 e. The number of primary sulfonamides is 1. The number of nitrogens with two attached hydrogens (primary N) is 1. The lowest BCUT2D eigenvalue weighted by atomic mass is 10.1. The molecule has 0 radical (unpaired) electrons. The Morgan fingerprint density at radius 2 is 2.05 bits per heavy atom. The number of sulfonamides is 1. The van der Waals surface area contributed by atoms with E-state index in [0.29, 0.717) is 17.3 Å². The third kappa shape index (κ3) is 5.06. The molecular formula is C13H17ClN4O3S. The van der Waals surface area contributed by atoms with Crippen molar-refractivity contribution in [3.63, 3.8) is 0 Å². The van der Waals surface area contributed by atoms with Crippen molar-refractivity contribution < 1.29 is 13.2 Å². The Morgan fingerprint density at radius 1 is 1.36 bits per heavy atom. The van der Waals surface area contributed by atoms with Gasteiger partial charge in [-0.3, -0.25) is 0 Å². The summed E-state index contributed by atoms with van der Waals surface area (Å²) in [6.07, 6.45) is 1.72. The van der Waals surface area contributed by atoms with E-state index in [1.54, 1.807) is 30.1 Å². The second kappa shape index (κ2) is 7.19. The van der Waals surface area contributed by atoms with E-state index in [1.165, 1.54) is 0 Å². The maximum atomic E-state index is 10.9. The molecule has 22 heavy (non-hydrogen) atoms. The van der Waals surface area contributed by atoms with Crippen LogP contribution in [0.1, 0.15) is 17.4 Å². The molecule has 0 aliphatic carbocycles. The first-order valence-electron chi connectivity index (χ1n) is 6.55. The summed E-state index contributed by atoms with van der Waals surface area (Å²) in [6, 6.07) is 7.36. The highest BCUT2D eigenvalue weighted by Crippen LogP contribution is 2.20. The number of methoxy groups -OCH3 is 1. The third-order valence-corrected chi connectivity index (χ3v) is 4.13. The normalized spacial score (nSPS) is 13.2. The van der Waals surface area contributed by atoms with Crippen LogP contribution in [0.5, 0.6) is 0 Å². The quantitative estimate of drug-likeness (QED) is 0.812. The zero-order chi connectivity index (χ0) is 16.2. The van der Waals surface area contributed by atoms with Crippen LogP contribution in [0.3, 0.4) is 0 Å². The molecule has 2 N–H and O–H groups in total. The molecule has 0 saturated carbocycles. The molecule has 1 aromatic carbocycles. The predicted molar refractivity (Wildman–Crippen MR) is 82.9 cm³/mol. The van der Waals surface area contributed by atoms with Gasteiger partial charge in [0.15, 0.2) is 0 Å². The van der Waals surface area contributed by atoms with Crippen LogP contribution in [0.25, 0.3) is 0 Å². The third-order valence-electron chi connectivity index (χ3n) is 3.11. The molecule has 0 aliphatic rings. The van der Waals surface area contributed by atoms with Crippen molar-refractivity contribution in [2.45, 2.75) is 19.1 Å². The van der Waals surface area contributed by atoms with Crippen LogP contribution in [-0.2, 0) is 27.7 Å². The van der Waals surface area contributed by atoms with E-state index in [2.05, 4.69) is 10.3 Å². The van der Waals surface area contributed by atoms with E-state index in [9.17, 15) is 8.42 Å². The Balaban J connectivity index is 2.02. The second-order valence-corrected chi connectivity index (χ2v) is 7.00. The van der Waals surface area contributed by atoms with E-state index >= 15 is 0 Å². The van der Waals surface area contributed by atoms with Gasteiger partial charge in [0.25, 0.3) is 0 Å². The molecule has 120 valence electrons. The Bertz CT molecular complexity index is 715. The molecule has 1 atom stereocenters. The monoisotopic (exact) mass is 344 g/mol. The molecule has 2 aromatic rings. The number of halogens is 1. The molecule has 0 saturated heterocycles. The van der Waals surface area contributed by atoms with Crippen molar-refractivity contribution in [3.05, 3.63) is 46.7 Å². The fourth-order valence-electron chi connectivity index (χ4n) is 1.95. The summed E-state index contributed by atoms with van der Waals surface area (Å²) >= 11 is 5.87. The summed E-state index contributed by atoms with van der Waals surface area (Å²) in [5.41, 5.74) is 1.54. The molecule has 0 spiro atoms. The Morgan fingerprint density at radius 3 is 2.64 bits per heavy atom. The van der Waals surface area contributed by atoms with Gasteiger partial charge in [0.1, 0.15) is 6.10 Å². The first-order chi connectivity index (χ1) is 10.4.